The number of nitrogen functional groups attached to an aromatic ring is 1. The van der Waals surface area contributed by atoms with Gasteiger partial charge in [0.05, 0.1) is 6.04 Å². The van der Waals surface area contributed by atoms with Crippen molar-refractivity contribution in [2.75, 3.05) is 0 Å². The summed E-state index contributed by atoms with van der Waals surface area (Å²) >= 11 is 1.46. The largest absolute Gasteiger partial charge is 0.384 e. The van der Waals surface area contributed by atoms with Crippen molar-refractivity contribution in [3.63, 3.8) is 0 Å². The van der Waals surface area contributed by atoms with Crippen LogP contribution in [0.3, 0.4) is 0 Å². The van der Waals surface area contributed by atoms with E-state index >= 15 is 0 Å². The molecule has 0 bridgehead atoms. The fourth-order valence-electron chi connectivity index (χ4n) is 1.84. The van der Waals surface area contributed by atoms with Crippen LogP contribution in [0, 0.1) is 12.3 Å². The predicted molar refractivity (Wildman–Crippen MR) is 72.4 cm³/mol. The van der Waals surface area contributed by atoms with Crippen molar-refractivity contribution < 1.29 is 0 Å². The molecular weight excluding hydrogens is 260 g/mol. The summed E-state index contributed by atoms with van der Waals surface area (Å²) in [5.41, 5.74) is 7.46. The van der Waals surface area contributed by atoms with E-state index < -0.39 is 0 Å². The van der Waals surface area contributed by atoms with Crippen LogP contribution in [-0.4, -0.2) is 26.0 Å². The van der Waals surface area contributed by atoms with E-state index in [0.29, 0.717) is 6.04 Å². The smallest absolute Gasteiger partial charge is 0.214 e. The van der Waals surface area contributed by atoms with Crippen molar-refractivity contribution in [1.82, 2.24) is 20.2 Å². The molecule has 0 amide bonds. The Bertz CT molecular complexity index is 631. The van der Waals surface area contributed by atoms with Crippen molar-refractivity contribution in [1.29, 1.82) is 5.41 Å². The molecule has 1 aliphatic carbocycles. The third-order valence-corrected chi connectivity index (χ3v) is 3.99. The maximum Gasteiger partial charge on any atom is 0.214 e. The minimum atomic E-state index is 0.0629. The Morgan fingerprint density at radius 2 is 2.26 bits per heavy atom. The van der Waals surface area contributed by atoms with Gasteiger partial charge in [-0.2, -0.15) is 0 Å². The van der Waals surface area contributed by atoms with Crippen LogP contribution in [0.4, 0.5) is 0 Å². The fraction of sp³-hybridized carbons (Fsp3) is 0.333. The summed E-state index contributed by atoms with van der Waals surface area (Å²) in [5.74, 6) is 0.0629. The Labute approximate surface area is 114 Å². The average Bonchev–Trinajstić information content (AvgIpc) is 3.10. The molecule has 6 nitrogen and oxygen atoms in total. The number of amidine groups is 1. The molecule has 0 atom stereocenters. The molecule has 1 fully saturated rings. The van der Waals surface area contributed by atoms with Gasteiger partial charge in [-0.25, -0.2) is 4.68 Å². The zero-order chi connectivity index (χ0) is 13.4. The molecule has 3 rings (SSSR count). The maximum absolute atomic E-state index is 7.63. The van der Waals surface area contributed by atoms with E-state index in [0.717, 1.165) is 34.0 Å². The highest BCUT2D eigenvalue weighted by molar-refractivity contribution is 7.99. The molecule has 0 unspecified atom stereocenters. The Balaban J connectivity index is 1.95. The van der Waals surface area contributed by atoms with E-state index in [9.17, 15) is 0 Å². The van der Waals surface area contributed by atoms with Crippen molar-refractivity contribution >= 4 is 17.6 Å². The van der Waals surface area contributed by atoms with Gasteiger partial charge in [-0.05, 0) is 59.7 Å². The zero-order valence-electron chi connectivity index (χ0n) is 10.5. The van der Waals surface area contributed by atoms with Gasteiger partial charge in [0.1, 0.15) is 5.84 Å². The molecule has 1 aromatic carbocycles. The summed E-state index contributed by atoms with van der Waals surface area (Å²) in [6, 6.07) is 6.26. The SMILES string of the molecule is Cc1ccc(C(=N)N)c(Sc2nnnn2C2CC2)c1. The van der Waals surface area contributed by atoms with Gasteiger partial charge in [-0.15, -0.1) is 5.10 Å². The molecule has 3 N–H and O–H groups in total. The number of nitrogens with zero attached hydrogens (tertiary/aromatic N) is 4. The van der Waals surface area contributed by atoms with Crippen molar-refractivity contribution in [2.45, 2.75) is 35.9 Å². The molecule has 19 heavy (non-hydrogen) atoms. The van der Waals surface area contributed by atoms with Gasteiger partial charge in [-0.3, -0.25) is 5.41 Å². The number of nitrogens with one attached hydrogen (secondary N) is 1. The molecule has 0 aliphatic heterocycles. The molecule has 7 heteroatoms. The van der Waals surface area contributed by atoms with Crippen molar-refractivity contribution in [2.24, 2.45) is 5.73 Å². The first-order valence-electron chi connectivity index (χ1n) is 6.06. The van der Waals surface area contributed by atoms with Gasteiger partial charge in [0.15, 0.2) is 0 Å². The topological polar surface area (TPSA) is 93.5 Å². The zero-order valence-corrected chi connectivity index (χ0v) is 11.3. The monoisotopic (exact) mass is 274 g/mol. The molecule has 2 aromatic rings. The van der Waals surface area contributed by atoms with Crippen molar-refractivity contribution in [3.05, 3.63) is 29.3 Å². The van der Waals surface area contributed by atoms with E-state index in [1.54, 1.807) is 0 Å². The normalized spacial score (nSPS) is 14.6. The van der Waals surface area contributed by atoms with Crippen LogP contribution in [0.2, 0.25) is 0 Å². The second kappa shape index (κ2) is 4.65. The first kappa shape index (κ1) is 12.2. The lowest BCUT2D eigenvalue weighted by Crippen LogP contribution is -2.12. The molecule has 1 aliphatic rings. The van der Waals surface area contributed by atoms with E-state index in [2.05, 4.69) is 15.5 Å². The van der Waals surface area contributed by atoms with Crippen LogP contribution in [-0.2, 0) is 0 Å². The first-order chi connectivity index (χ1) is 9.15. The number of nitrogens with two attached hydrogens (primary N) is 1. The molecule has 98 valence electrons. The molecule has 1 heterocycles. The standard InChI is InChI=1S/C12H14N6S/c1-7-2-5-9(11(13)14)10(6-7)19-12-15-16-17-18(12)8-3-4-8/h2,5-6,8H,3-4H2,1H3,(H3,13,14). The second-order valence-electron chi connectivity index (χ2n) is 4.65. The van der Waals surface area contributed by atoms with Crippen LogP contribution in [0.5, 0.6) is 0 Å². The minimum absolute atomic E-state index is 0.0629. The van der Waals surface area contributed by atoms with Gasteiger partial charge >= 0.3 is 0 Å². The highest BCUT2D eigenvalue weighted by Crippen LogP contribution is 2.38. The van der Waals surface area contributed by atoms with E-state index in [4.69, 9.17) is 11.1 Å². The average molecular weight is 274 g/mol. The predicted octanol–water partition coefficient (Wildman–Crippen LogP) is 1.75. The second-order valence-corrected chi connectivity index (χ2v) is 5.66. The highest BCUT2D eigenvalue weighted by Gasteiger charge is 2.28. The molecule has 0 spiro atoms. The minimum Gasteiger partial charge on any atom is -0.384 e. The lowest BCUT2D eigenvalue weighted by Gasteiger charge is -2.08. The summed E-state index contributed by atoms with van der Waals surface area (Å²) in [6.07, 6.45) is 2.26. The summed E-state index contributed by atoms with van der Waals surface area (Å²) < 4.78 is 1.86. The third-order valence-electron chi connectivity index (χ3n) is 2.98. The number of benzene rings is 1. The molecule has 0 saturated heterocycles. The number of aryl methyl sites for hydroxylation is 1. The van der Waals surface area contributed by atoms with Gasteiger partial charge in [0, 0.05) is 10.5 Å². The highest BCUT2D eigenvalue weighted by atomic mass is 32.2. The lowest BCUT2D eigenvalue weighted by atomic mass is 10.1. The third kappa shape index (κ3) is 2.46. The fourth-order valence-corrected chi connectivity index (χ4v) is 2.92. The molecule has 0 radical (unpaired) electrons. The van der Waals surface area contributed by atoms with E-state index in [1.807, 2.05) is 29.8 Å². The lowest BCUT2D eigenvalue weighted by molar-refractivity contribution is 0.565. The van der Waals surface area contributed by atoms with E-state index in [1.165, 1.54) is 11.8 Å². The van der Waals surface area contributed by atoms with Crippen LogP contribution in [0.25, 0.3) is 0 Å². The van der Waals surface area contributed by atoms with Gasteiger partial charge in [0.25, 0.3) is 0 Å². The number of aromatic nitrogens is 4. The van der Waals surface area contributed by atoms with Gasteiger partial charge in [-0.1, -0.05) is 6.07 Å². The van der Waals surface area contributed by atoms with Crippen LogP contribution in [0.1, 0.15) is 30.0 Å². The molecular formula is C12H14N6S. The maximum atomic E-state index is 7.63. The number of rotatable bonds is 4. The summed E-state index contributed by atoms with van der Waals surface area (Å²) in [4.78, 5) is 0.921. The number of hydrogen-bond donors (Lipinski definition) is 2. The Morgan fingerprint density at radius 3 is 2.95 bits per heavy atom. The summed E-state index contributed by atoms with van der Waals surface area (Å²) in [6.45, 7) is 2.01. The van der Waals surface area contributed by atoms with Crippen LogP contribution < -0.4 is 5.73 Å². The Kier molecular flexibility index (Phi) is 2.98. The van der Waals surface area contributed by atoms with Crippen molar-refractivity contribution in [3.8, 4) is 0 Å². The Hall–Kier alpha value is -1.89. The summed E-state index contributed by atoms with van der Waals surface area (Å²) in [5, 5.41) is 20.2. The van der Waals surface area contributed by atoms with Gasteiger partial charge in [0.2, 0.25) is 5.16 Å². The van der Waals surface area contributed by atoms with E-state index in [-0.39, 0.29) is 5.84 Å². The quantitative estimate of drug-likeness (QED) is 0.654. The number of hydrogen-bond acceptors (Lipinski definition) is 5. The molecule has 1 aromatic heterocycles. The van der Waals surface area contributed by atoms with Crippen LogP contribution in [0.15, 0.2) is 28.3 Å². The first-order valence-corrected chi connectivity index (χ1v) is 6.87. The summed E-state index contributed by atoms with van der Waals surface area (Å²) in [7, 11) is 0. The number of tetrazole rings is 1. The molecule has 1 saturated carbocycles. The Morgan fingerprint density at radius 1 is 1.47 bits per heavy atom. The van der Waals surface area contributed by atoms with Crippen LogP contribution >= 0.6 is 11.8 Å². The van der Waals surface area contributed by atoms with Gasteiger partial charge < -0.3 is 5.73 Å².